The number of hydrogen-bond donors (Lipinski definition) is 3. The Labute approximate surface area is 120 Å². The fourth-order valence-electron chi connectivity index (χ4n) is 2.44. The molecular weight excluding hydrogens is 276 g/mol. The highest BCUT2D eigenvalue weighted by Crippen LogP contribution is 2.24. The average Bonchev–Trinajstić information content (AvgIpc) is 2.38. The number of likely N-dealkylation sites (tertiary alicyclic amines) is 1. The van der Waals surface area contributed by atoms with E-state index in [4.69, 9.17) is 10.9 Å². The van der Waals surface area contributed by atoms with E-state index in [2.05, 4.69) is 17.3 Å². The number of rotatable bonds is 4. The molecule has 1 heterocycles. The molecule has 1 aromatic rings. The van der Waals surface area contributed by atoms with Crippen molar-refractivity contribution in [2.75, 3.05) is 37.7 Å². The molecule has 7 heteroatoms. The van der Waals surface area contributed by atoms with E-state index in [1.807, 2.05) is 0 Å². The third-order valence-corrected chi connectivity index (χ3v) is 4.68. The first-order valence-corrected chi connectivity index (χ1v) is 8.25. The number of anilines is 2. The number of sulfonamides is 1. The van der Waals surface area contributed by atoms with Crippen LogP contribution in [-0.4, -0.2) is 40.0 Å². The van der Waals surface area contributed by atoms with Crippen LogP contribution in [0.1, 0.15) is 12.8 Å². The molecule has 0 atom stereocenters. The molecule has 0 amide bonds. The fourth-order valence-corrected chi connectivity index (χ4v) is 3.19. The molecule has 0 unspecified atom stereocenters. The molecule has 1 aromatic carbocycles. The molecule has 1 aliphatic rings. The Hall–Kier alpha value is -1.31. The van der Waals surface area contributed by atoms with Gasteiger partial charge in [0.15, 0.2) is 0 Å². The van der Waals surface area contributed by atoms with Gasteiger partial charge in [-0.25, -0.2) is 13.6 Å². The first-order valence-electron chi connectivity index (χ1n) is 6.71. The lowest BCUT2D eigenvalue weighted by Crippen LogP contribution is -2.33. The summed E-state index contributed by atoms with van der Waals surface area (Å²) in [7, 11) is -1.65. The summed E-state index contributed by atoms with van der Waals surface area (Å²) in [6.07, 6.45) is 2.23. The van der Waals surface area contributed by atoms with Crippen LogP contribution in [0, 0.1) is 5.92 Å². The molecule has 112 valence electrons. The number of nitrogens with zero attached hydrogens (tertiary/aromatic N) is 1. The first-order chi connectivity index (χ1) is 9.36. The second-order valence-corrected chi connectivity index (χ2v) is 6.96. The number of piperidine rings is 1. The summed E-state index contributed by atoms with van der Waals surface area (Å²) < 4.78 is 23.2. The van der Waals surface area contributed by atoms with E-state index in [-0.39, 0.29) is 4.90 Å². The summed E-state index contributed by atoms with van der Waals surface area (Å²) in [5.74, 6) is 0.553. The highest BCUT2D eigenvalue weighted by Gasteiger charge is 2.18. The Morgan fingerprint density at radius 2 is 2.00 bits per heavy atom. The summed E-state index contributed by atoms with van der Waals surface area (Å²) in [6.45, 7) is 2.91. The number of hydrogen-bond acceptors (Lipinski definition) is 5. The summed E-state index contributed by atoms with van der Waals surface area (Å²) in [4.78, 5) is 2.36. The van der Waals surface area contributed by atoms with E-state index in [0.29, 0.717) is 17.3 Å². The number of nitrogen functional groups attached to an aromatic ring is 1. The molecule has 0 aliphatic carbocycles. The van der Waals surface area contributed by atoms with Crippen molar-refractivity contribution in [2.24, 2.45) is 11.1 Å². The molecule has 1 fully saturated rings. The van der Waals surface area contributed by atoms with Gasteiger partial charge in [0.1, 0.15) is 4.90 Å². The summed E-state index contributed by atoms with van der Waals surface area (Å²) in [5.41, 5.74) is 6.54. The molecule has 0 saturated carbocycles. The Bertz CT molecular complexity index is 566. The zero-order valence-corrected chi connectivity index (χ0v) is 12.5. The van der Waals surface area contributed by atoms with Crippen molar-refractivity contribution in [1.29, 1.82) is 0 Å². The maximum Gasteiger partial charge on any atom is 0.240 e. The molecular formula is C13H22N4O2S. The van der Waals surface area contributed by atoms with Gasteiger partial charge in [-0.3, -0.25) is 0 Å². The van der Waals surface area contributed by atoms with E-state index in [0.717, 1.165) is 32.5 Å². The zero-order chi connectivity index (χ0) is 14.8. The molecule has 0 aromatic heterocycles. The molecule has 1 saturated heterocycles. The number of nitrogens with one attached hydrogen (secondary N) is 1. The minimum Gasteiger partial charge on any atom is -0.399 e. The zero-order valence-electron chi connectivity index (χ0n) is 11.7. The van der Waals surface area contributed by atoms with Crippen LogP contribution >= 0.6 is 0 Å². The van der Waals surface area contributed by atoms with Gasteiger partial charge in [0.25, 0.3) is 0 Å². The van der Waals surface area contributed by atoms with Crippen LogP contribution in [0.2, 0.25) is 0 Å². The highest BCUT2D eigenvalue weighted by atomic mass is 32.2. The Morgan fingerprint density at radius 3 is 2.60 bits per heavy atom. The van der Waals surface area contributed by atoms with Crippen molar-refractivity contribution in [1.82, 2.24) is 4.90 Å². The lowest BCUT2D eigenvalue weighted by atomic mass is 9.97. The van der Waals surface area contributed by atoms with Crippen molar-refractivity contribution >= 4 is 21.4 Å². The molecule has 1 aliphatic heterocycles. The van der Waals surface area contributed by atoms with E-state index in [9.17, 15) is 8.42 Å². The lowest BCUT2D eigenvalue weighted by Gasteiger charge is -2.29. The van der Waals surface area contributed by atoms with Crippen molar-refractivity contribution in [2.45, 2.75) is 17.7 Å². The second kappa shape index (κ2) is 5.99. The number of benzene rings is 1. The monoisotopic (exact) mass is 298 g/mol. The Morgan fingerprint density at radius 1 is 1.35 bits per heavy atom. The van der Waals surface area contributed by atoms with Crippen LogP contribution < -0.4 is 16.2 Å². The molecule has 6 nitrogen and oxygen atoms in total. The molecule has 0 spiro atoms. The SMILES string of the molecule is CN1CCC(CNc2ccc(N)cc2S(N)(=O)=O)CC1. The van der Waals surface area contributed by atoms with Gasteiger partial charge in [-0.1, -0.05) is 0 Å². The second-order valence-electron chi connectivity index (χ2n) is 5.43. The average molecular weight is 298 g/mol. The standard InChI is InChI=1S/C13H22N4O2S/c1-17-6-4-10(5-7-17)9-16-12-3-2-11(14)8-13(12)20(15,18)19/h2-3,8,10,16H,4-7,9,14H2,1H3,(H2,15,18,19). The third kappa shape index (κ3) is 3.84. The third-order valence-electron chi connectivity index (χ3n) is 3.73. The number of primary sulfonamides is 1. The Balaban J connectivity index is 2.06. The van der Waals surface area contributed by atoms with Crippen LogP contribution in [0.15, 0.2) is 23.1 Å². The van der Waals surface area contributed by atoms with Gasteiger partial charge >= 0.3 is 0 Å². The van der Waals surface area contributed by atoms with Crippen LogP contribution in [-0.2, 0) is 10.0 Å². The van der Waals surface area contributed by atoms with Crippen molar-refractivity contribution in [3.8, 4) is 0 Å². The van der Waals surface area contributed by atoms with E-state index in [1.54, 1.807) is 12.1 Å². The van der Waals surface area contributed by atoms with Gasteiger partial charge < -0.3 is 16.0 Å². The van der Waals surface area contributed by atoms with E-state index < -0.39 is 10.0 Å². The van der Waals surface area contributed by atoms with Gasteiger partial charge in [0.05, 0.1) is 5.69 Å². The molecule has 5 N–H and O–H groups in total. The van der Waals surface area contributed by atoms with Gasteiger partial charge in [-0.15, -0.1) is 0 Å². The normalized spacial score (nSPS) is 18.1. The van der Waals surface area contributed by atoms with Crippen LogP contribution in [0.25, 0.3) is 0 Å². The molecule has 2 rings (SSSR count). The molecule has 20 heavy (non-hydrogen) atoms. The quantitative estimate of drug-likeness (QED) is 0.709. The highest BCUT2D eigenvalue weighted by molar-refractivity contribution is 7.89. The van der Waals surface area contributed by atoms with E-state index >= 15 is 0 Å². The van der Waals surface area contributed by atoms with Gasteiger partial charge in [0.2, 0.25) is 10.0 Å². The van der Waals surface area contributed by atoms with Crippen molar-refractivity contribution in [3.05, 3.63) is 18.2 Å². The number of nitrogens with two attached hydrogens (primary N) is 2. The first kappa shape index (κ1) is 15.1. The molecule has 0 radical (unpaired) electrons. The van der Waals surface area contributed by atoms with Crippen LogP contribution in [0.5, 0.6) is 0 Å². The Kier molecular flexibility index (Phi) is 4.52. The maximum atomic E-state index is 11.6. The summed E-state index contributed by atoms with van der Waals surface area (Å²) in [5, 5.41) is 8.42. The van der Waals surface area contributed by atoms with Gasteiger partial charge in [0, 0.05) is 12.2 Å². The van der Waals surface area contributed by atoms with Crippen LogP contribution in [0.4, 0.5) is 11.4 Å². The van der Waals surface area contributed by atoms with Gasteiger partial charge in [-0.05, 0) is 57.1 Å². The minimum atomic E-state index is -3.77. The topological polar surface area (TPSA) is 101 Å². The smallest absolute Gasteiger partial charge is 0.240 e. The fraction of sp³-hybridized carbons (Fsp3) is 0.538. The largest absolute Gasteiger partial charge is 0.399 e. The van der Waals surface area contributed by atoms with Crippen LogP contribution in [0.3, 0.4) is 0 Å². The van der Waals surface area contributed by atoms with Crippen molar-refractivity contribution in [3.63, 3.8) is 0 Å². The predicted octanol–water partition coefficient (Wildman–Crippen LogP) is 0.670. The predicted molar refractivity (Wildman–Crippen MR) is 80.9 cm³/mol. The van der Waals surface area contributed by atoms with E-state index in [1.165, 1.54) is 6.07 Å². The molecule has 0 bridgehead atoms. The van der Waals surface area contributed by atoms with Gasteiger partial charge in [-0.2, -0.15) is 0 Å². The summed E-state index contributed by atoms with van der Waals surface area (Å²) in [6, 6.07) is 4.74. The lowest BCUT2D eigenvalue weighted by molar-refractivity contribution is 0.226. The maximum absolute atomic E-state index is 11.6. The minimum absolute atomic E-state index is 0.0606. The van der Waals surface area contributed by atoms with Crippen molar-refractivity contribution < 1.29 is 8.42 Å². The summed E-state index contributed by atoms with van der Waals surface area (Å²) >= 11 is 0.